The monoisotopic (exact) mass is 369 g/mol. The van der Waals surface area contributed by atoms with Crippen LogP contribution in [0, 0.1) is 12.8 Å². The highest BCUT2D eigenvalue weighted by Crippen LogP contribution is 2.38. The van der Waals surface area contributed by atoms with Crippen molar-refractivity contribution in [1.29, 1.82) is 0 Å². The molecule has 0 radical (unpaired) electrons. The van der Waals surface area contributed by atoms with Crippen molar-refractivity contribution in [2.75, 3.05) is 13.2 Å². The molecule has 0 N–H and O–H groups in total. The summed E-state index contributed by atoms with van der Waals surface area (Å²) in [7, 11) is 0. The second kappa shape index (κ2) is 9.31. The van der Waals surface area contributed by atoms with Gasteiger partial charge in [0.1, 0.15) is 0 Å². The van der Waals surface area contributed by atoms with Gasteiger partial charge in [-0.05, 0) is 50.5 Å². The van der Waals surface area contributed by atoms with Gasteiger partial charge in [-0.25, -0.2) is 0 Å². The van der Waals surface area contributed by atoms with Crippen LogP contribution in [0.3, 0.4) is 0 Å². The number of esters is 2. The highest BCUT2D eigenvalue weighted by atomic mass is 16.6. The van der Waals surface area contributed by atoms with Gasteiger partial charge >= 0.3 is 11.9 Å². The standard InChI is InChI=1S/C22H27NO4/c1-5-26-20(24)19(21(25)27-6-2)15-22(4,18-11-13-23-14-12-18)17-9-7-16(3)8-10-17/h7-14,19H,5-6,15H2,1-4H3/t22-/m0/s1. The van der Waals surface area contributed by atoms with Crippen LogP contribution in [-0.2, 0) is 24.5 Å². The summed E-state index contributed by atoms with van der Waals surface area (Å²) in [5.41, 5.74) is 2.54. The number of pyridine rings is 1. The van der Waals surface area contributed by atoms with Gasteiger partial charge in [-0.2, -0.15) is 0 Å². The van der Waals surface area contributed by atoms with E-state index in [4.69, 9.17) is 9.47 Å². The van der Waals surface area contributed by atoms with Crippen molar-refractivity contribution >= 4 is 11.9 Å². The first-order valence-corrected chi connectivity index (χ1v) is 9.23. The van der Waals surface area contributed by atoms with E-state index >= 15 is 0 Å². The van der Waals surface area contributed by atoms with E-state index in [2.05, 4.69) is 4.98 Å². The Balaban J connectivity index is 2.49. The highest BCUT2D eigenvalue weighted by molar-refractivity contribution is 5.95. The third kappa shape index (κ3) is 4.94. The van der Waals surface area contributed by atoms with E-state index in [1.54, 1.807) is 26.2 Å². The molecule has 0 aliphatic carbocycles. The summed E-state index contributed by atoms with van der Waals surface area (Å²) in [6, 6.07) is 11.9. The van der Waals surface area contributed by atoms with E-state index < -0.39 is 23.3 Å². The van der Waals surface area contributed by atoms with Crippen molar-refractivity contribution in [2.45, 2.75) is 39.5 Å². The molecule has 0 spiro atoms. The smallest absolute Gasteiger partial charge is 0.320 e. The lowest BCUT2D eigenvalue weighted by Gasteiger charge is -2.33. The zero-order valence-electron chi connectivity index (χ0n) is 16.4. The number of nitrogens with zero attached hydrogens (tertiary/aromatic N) is 1. The van der Waals surface area contributed by atoms with Crippen LogP contribution in [0.4, 0.5) is 0 Å². The Kier molecular flexibility index (Phi) is 7.11. The molecule has 2 aromatic rings. The van der Waals surface area contributed by atoms with Gasteiger partial charge in [-0.1, -0.05) is 36.8 Å². The molecule has 0 saturated heterocycles. The van der Waals surface area contributed by atoms with E-state index in [1.165, 1.54) is 0 Å². The fourth-order valence-electron chi connectivity index (χ4n) is 3.20. The number of aryl methyl sites for hydroxylation is 1. The van der Waals surface area contributed by atoms with Gasteiger partial charge in [0.2, 0.25) is 0 Å². The van der Waals surface area contributed by atoms with Gasteiger partial charge < -0.3 is 9.47 Å². The molecule has 0 unspecified atom stereocenters. The average Bonchev–Trinajstić information content (AvgIpc) is 2.67. The molecule has 1 aromatic heterocycles. The SMILES string of the molecule is CCOC(=O)C(C[C@](C)(c1ccncc1)c1ccc(C)cc1)C(=O)OCC. The van der Waals surface area contributed by atoms with Gasteiger partial charge in [0, 0.05) is 17.8 Å². The van der Waals surface area contributed by atoms with Gasteiger partial charge in [-0.15, -0.1) is 0 Å². The maximum atomic E-state index is 12.5. The Morgan fingerprint density at radius 3 is 1.89 bits per heavy atom. The van der Waals surface area contributed by atoms with E-state index in [0.29, 0.717) is 0 Å². The van der Waals surface area contributed by atoms with Gasteiger partial charge in [-0.3, -0.25) is 14.6 Å². The van der Waals surface area contributed by atoms with Crippen LogP contribution in [0.25, 0.3) is 0 Å². The minimum Gasteiger partial charge on any atom is -0.465 e. The third-order valence-electron chi connectivity index (χ3n) is 4.76. The Hall–Kier alpha value is -2.69. The molecule has 144 valence electrons. The molecule has 1 aromatic carbocycles. The summed E-state index contributed by atoms with van der Waals surface area (Å²) in [4.78, 5) is 29.1. The summed E-state index contributed by atoms with van der Waals surface area (Å²) >= 11 is 0. The number of benzene rings is 1. The van der Waals surface area contributed by atoms with Crippen LogP contribution >= 0.6 is 0 Å². The number of hydrogen-bond donors (Lipinski definition) is 0. The molecule has 0 bridgehead atoms. The third-order valence-corrected chi connectivity index (χ3v) is 4.76. The van der Waals surface area contributed by atoms with Gasteiger partial charge in [0.05, 0.1) is 13.2 Å². The highest BCUT2D eigenvalue weighted by Gasteiger charge is 2.40. The maximum Gasteiger partial charge on any atom is 0.320 e. The second-order valence-corrected chi connectivity index (χ2v) is 6.69. The van der Waals surface area contributed by atoms with Gasteiger partial charge in [0.25, 0.3) is 0 Å². The van der Waals surface area contributed by atoms with Crippen LogP contribution < -0.4 is 0 Å². The van der Waals surface area contributed by atoms with E-state index in [-0.39, 0.29) is 19.6 Å². The number of aromatic nitrogens is 1. The van der Waals surface area contributed by atoms with Crippen LogP contribution in [-0.4, -0.2) is 30.1 Å². The van der Waals surface area contributed by atoms with Crippen molar-refractivity contribution in [2.24, 2.45) is 5.92 Å². The van der Waals surface area contributed by atoms with Crippen molar-refractivity contribution in [3.8, 4) is 0 Å². The van der Waals surface area contributed by atoms with Crippen LogP contribution in [0.2, 0.25) is 0 Å². The minimum atomic E-state index is -0.996. The number of hydrogen-bond acceptors (Lipinski definition) is 5. The van der Waals surface area contributed by atoms with Crippen LogP contribution in [0.5, 0.6) is 0 Å². The quantitative estimate of drug-likeness (QED) is 0.523. The summed E-state index contributed by atoms with van der Waals surface area (Å²) in [6.07, 6.45) is 3.68. The lowest BCUT2D eigenvalue weighted by atomic mass is 9.70. The molecule has 1 heterocycles. The Labute approximate surface area is 160 Å². The normalized spacial score (nSPS) is 13.1. The molecule has 27 heavy (non-hydrogen) atoms. The number of rotatable bonds is 8. The topological polar surface area (TPSA) is 65.5 Å². The average molecular weight is 369 g/mol. The fourth-order valence-corrected chi connectivity index (χ4v) is 3.20. The number of carbonyl (C=O) groups excluding carboxylic acids is 2. The van der Waals surface area contributed by atoms with Crippen molar-refractivity contribution in [3.05, 3.63) is 65.5 Å². The summed E-state index contributed by atoms with van der Waals surface area (Å²) in [5, 5.41) is 0. The molecule has 0 saturated carbocycles. The maximum absolute atomic E-state index is 12.5. The lowest BCUT2D eigenvalue weighted by molar-refractivity contribution is -0.162. The Morgan fingerprint density at radius 2 is 1.41 bits per heavy atom. The molecule has 2 rings (SSSR count). The second-order valence-electron chi connectivity index (χ2n) is 6.69. The van der Waals surface area contributed by atoms with Crippen molar-refractivity contribution in [1.82, 2.24) is 4.98 Å². The molecule has 0 aliphatic rings. The number of ether oxygens (including phenoxy) is 2. The van der Waals surface area contributed by atoms with E-state index in [0.717, 1.165) is 16.7 Å². The molecule has 0 fully saturated rings. The van der Waals surface area contributed by atoms with Gasteiger partial charge in [0.15, 0.2) is 5.92 Å². The lowest BCUT2D eigenvalue weighted by Crippen LogP contribution is -2.36. The Bertz CT molecular complexity index is 740. The van der Waals surface area contributed by atoms with Crippen LogP contribution in [0.1, 0.15) is 43.9 Å². The Morgan fingerprint density at radius 1 is 0.926 bits per heavy atom. The number of carbonyl (C=O) groups is 2. The zero-order valence-corrected chi connectivity index (χ0v) is 16.4. The fraction of sp³-hybridized carbons (Fsp3) is 0.409. The molecule has 1 atom stereocenters. The molecular weight excluding hydrogens is 342 g/mol. The minimum absolute atomic E-state index is 0.214. The van der Waals surface area contributed by atoms with Crippen LogP contribution in [0.15, 0.2) is 48.8 Å². The summed E-state index contributed by atoms with van der Waals surface area (Å²) in [5.74, 6) is -2.10. The first-order chi connectivity index (χ1) is 12.9. The molecule has 5 heteroatoms. The van der Waals surface area contributed by atoms with Crippen molar-refractivity contribution < 1.29 is 19.1 Å². The molecule has 0 aliphatic heterocycles. The molecule has 0 amide bonds. The van der Waals surface area contributed by atoms with Crippen molar-refractivity contribution in [3.63, 3.8) is 0 Å². The van der Waals surface area contributed by atoms with E-state index in [9.17, 15) is 9.59 Å². The first-order valence-electron chi connectivity index (χ1n) is 9.23. The van der Waals surface area contributed by atoms with E-state index in [1.807, 2.05) is 50.2 Å². The predicted molar refractivity (Wildman–Crippen MR) is 103 cm³/mol. The predicted octanol–water partition coefficient (Wildman–Crippen LogP) is 3.83. The largest absolute Gasteiger partial charge is 0.465 e. The zero-order chi connectivity index (χ0) is 19.9. The first kappa shape index (κ1) is 20.6. The summed E-state index contributed by atoms with van der Waals surface area (Å²) < 4.78 is 10.3. The summed E-state index contributed by atoms with van der Waals surface area (Å²) in [6.45, 7) is 7.92. The molecule has 5 nitrogen and oxygen atoms in total. The molecular formula is C22H27NO4.